The van der Waals surface area contributed by atoms with E-state index in [2.05, 4.69) is 62.3 Å². The van der Waals surface area contributed by atoms with Crippen molar-refractivity contribution in [3.63, 3.8) is 0 Å². The van der Waals surface area contributed by atoms with Gasteiger partial charge in [-0.15, -0.1) is 11.3 Å². The summed E-state index contributed by atoms with van der Waals surface area (Å²) >= 11 is 1.81. The predicted octanol–water partition coefficient (Wildman–Crippen LogP) is 7.23. The average Bonchev–Trinajstić information content (AvgIpc) is 3.46. The smallest absolute Gasteiger partial charge is 0.179 e. The second-order valence-corrected chi connectivity index (χ2v) is 11.8. The fraction of sp³-hybridized carbons (Fsp3) is 0.630. The van der Waals surface area contributed by atoms with E-state index in [1.165, 1.54) is 34.9 Å². The van der Waals surface area contributed by atoms with E-state index in [0.29, 0.717) is 29.0 Å². The molecule has 4 atom stereocenters. The number of hydrogen-bond donors (Lipinski definition) is 0. The Bertz CT molecular complexity index is 1020. The molecule has 5 rings (SSSR count). The van der Waals surface area contributed by atoms with Crippen molar-refractivity contribution in [1.29, 1.82) is 0 Å². The molecule has 31 heavy (non-hydrogen) atoms. The van der Waals surface area contributed by atoms with E-state index in [9.17, 15) is 4.79 Å². The van der Waals surface area contributed by atoms with Gasteiger partial charge in [0.2, 0.25) is 0 Å². The summed E-state index contributed by atoms with van der Waals surface area (Å²) in [7, 11) is 0. The lowest BCUT2D eigenvalue weighted by atomic mass is 9.65. The normalized spacial score (nSPS) is 31.5. The Kier molecular flexibility index (Phi) is 5.28. The number of carbonyl (C=O) groups is 1. The molecule has 1 aliphatic heterocycles. The van der Waals surface area contributed by atoms with Gasteiger partial charge in [-0.2, -0.15) is 5.10 Å². The summed E-state index contributed by atoms with van der Waals surface area (Å²) in [4.78, 5) is 13.5. The highest BCUT2D eigenvalue weighted by Gasteiger charge is 2.61. The molecular formula is C27H36N2OS. The number of unbranched alkanes of at least 4 members (excludes halogenated alkanes) is 1. The van der Waals surface area contributed by atoms with Crippen LogP contribution in [-0.4, -0.2) is 23.0 Å². The van der Waals surface area contributed by atoms with E-state index < -0.39 is 0 Å². The van der Waals surface area contributed by atoms with Gasteiger partial charge in [-0.25, -0.2) is 0 Å². The standard InChI is InChI=1S/C27H36N2OS/c1-5-6-13-29-23(21-17-31-25-10-8-7-9-20(21)25)16-22(28-29)24(30)15-19-14-18-11-12-27(19,4)26(18,2)3/h7-10,17-19,23H,5-6,11-16H2,1-4H3/t18-,19-,23?,27+/m1/s1. The maximum Gasteiger partial charge on any atom is 0.179 e. The van der Waals surface area contributed by atoms with E-state index in [1.807, 2.05) is 11.3 Å². The number of hydrogen-bond acceptors (Lipinski definition) is 4. The minimum Gasteiger partial charge on any atom is -0.293 e. The van der Waals surface area contributed by atoms with Crippen LogP contribution in [0.3, 0.4) is 0 Å². The third kappa shape index (κ3) is 3.28. The highest BCUT2D eigenvalue weighted by atomic mass is 32.1. The van der Waals surface area contributed by atoms with Gasteiger partial charge in [0.25, 0.3) is 0 Å². The lowest BCUT2D eigenvalue weighted by Gasteiger charge is -2.39. The summed E-state index contributed by atoms with van der Waals surface area (Å²) in [6.45, 7) is 10.5. The summed E-state index contributed by atoms with van der Waals surface area (Å²) in [6.07, 6.45) is 7.55. The lowest BCUT2D eigenvalue weighted by molar-refractivity contribution is -0.115. The number of benzene rings is 1. The van der Waals surface area contributed by atoms with E-state index in [-0.39, 0.29) is 6.04 Å². The van der Waals surface area contributed by atoms with Crippen molar-refractivity contribution in [2.75, 3.05) is 6.54 Å². The number of rotatable bonds is 7. The molecule has 2 heterocycles. The van der Waals surface area contributed by atoms with Gasteiger partial charge in [-0.05, 0) is 70.7 Å². The summed E-state index contributed by atoms with van der Waals surface area (Å²) in [6, 6.07) is 8.84. The molecule has 3 aliphatic rings. The highest BCUT2D eigenvalue weighted by Crippen LogP contribution is 2.68. The monoisotopic (exact) mass is 436 g/mol. The predicted molar refractivity (Wildman–Crippen MR) is 131 cm³/mol. The lowest BCUT2D eigenvalue weighted by Crippen LogP contribution is -2.34. The molecule has 2 fully saturated rings. The van der Waals surface area contributed by atoms with Crippen LogP contribution in [0.15, 0.2) is 34.7 Å². The number of thiophene rings is 1. The van der Waals surface area contributed by atoms with Crippen LogP contribution in [0.1, 0.15) is 84.2 Å². The van der Waals surface area contributed by atoms with Gasteiger partial charge in [0, 0.05) is 24.1 Å². The zero-order valence-corrected chi connectivity index (χ0v) is 20.3. The van der Waals surface area contributed by atoms with Gasteiger partial charge in [-0.1, -0.05) is 52.3 Å². The van der Waals surface area contributed by atoms with Gasteiger partial charge in [0.05, 0.1) is 6.04 Å². The molecule has 1 aromatic carbocycles. The van der Waals surface area contributed by atoms with Crippen molar-refractivity contribution in [2.24, 2.45) is 27.8 Å². The molecule has 0 N–H and O–H groups in total. The van der Waals surface area contributed by atoms with E-state index in [0.717, 1.165) is 37.4 Å². The van der Waals surface area contributed by atoms with Crippen LogP contribution in [0.25, 0.3) is 10.1 Å². The van der Waals surface area contributed by atoms with Crippen molar-refractivity contribution in [3.8, 4) is 0 Å². The number of fused-ring (bicyclic) bond motifs is 3. The molecule has 4 heteroatoms. The van der Waals surface area contributed by atoms with Gasteiger partial charge < -0.3 is 0 Å². The van der Waals surface area contributed by atoms with Crippen molar-refractivity contribution in [3.05, 3.63) is 35.2 Å². The molecule has 3 nitrogen and oxygen atoms in total. The Balaban J connectivity index is 1.36. The SMILES string of the molecule is CCCCN1N=C(C(=O)C[C@H]2C[C@H]3CC[C@]2(C)C3(C)C)CC1c1csc2ccccc12. The van der Waals surface area contributed by atoms with E-state index >= 15 is 0 Å². The molecule has 2 bridgehead atoms. The Morgan fingerprint density at radius 2 is 2.06 bits per heavy atom. The van der Waals surface area contributed by atoms with Crippen molar-refractivity contribution in [2.45, 2.75) is 78.7 Å². The van der Waals surface area contributed by atoms with Crippen LogP contribution in [0.4, 0.5) is 0 Å². The molecular weight excluding hydrogens is 400 g/mol. The second-order valence-electron chi connectivity index (χ2n) is 10.9. The van der Waals surface area contributed by atoms with Crippen molar-refractivity contribution in [1.82, 2.24) is 5.01 Å². The van der Waals surface area contributed by atoms with Crippen LogP contribution in [0.2, 0.25) is 0 Å². The van der Waals surface area contributed by atoms with E-state index in [4.69, 9.17) is 5.10 Å². The number of carbonyl (C=O) groups excluding carboxylic acids is 1. The molecule has 2 aromatic rings. The molecule has 1 unspecified atom stereocenters. The first-order chi connectivity index (χ1) is 14.8. The fourth-order valence-corrected chi connectivity index (χ4v) is 7.80. The fourth-order valence-electron chi connectivity index (χ4n) is 6.80. The molecule has 166 valence electrons. The average molecular weight is 437 g/mol. The van der Waals surface area contributed by atoms with Crippen molar-refractivity contribution >= 4 is 32.9 Å². The number of Topliss-reactive ketones (excluding diaryl/α,β-unsaturated/α-hetero) is 1. The Morgan fingerprint density at radius 1 is 1.26 bits per heavy atom. The van der Waals surface area contributed by atoms with Gasteiger partial charge in [-0.3, -0.25) is 9.80 Å². The second kappa shape index (κ2) is 7.72. The molecule has 2 aliphatic carbocycles. The Hall–Kier alpha value is -1.68. The molecule has 0 amide bonds. The zero-order valence-electron chi connectivity index (χ0n) is 19.5. The van der Waals surface area contributed by atoms with Crippen LogP contribution in [0.5, 0.6) is 0 Å². The van der Waals surface area contributed by atoms with Crippen LogP contribution in [0, 0.1) is 22.7 Å². The van der Waals surface area contributed by atoms with Gasteiger partial charge >= 0.3 is 0 Å². The zero-order chi connectivity index (χ0) is 21.8. The molecule has 2 saturated carbocycles. The number of ketones is 1. The van der Waals surface area contributed by atoms with Crippen LogP contribution in [-0.2, 0) is 4.79 Å². The topological polar surface area (TPSA) is 32.7 Å². The first-order valence-electron chi connectivity index (χ1n) is 12.2. The van der Waals surface area contributed by atoms with Crippen molar-refractivity contribution < 1.29 is 4.79 Å². The molecule has 1 aromatic heterocycles. The molecule has 0 saturated heterocycles. The van der Waals surface area contributed by atoms with Gasteiger partial charge in [0.1, 0.15) is 5.71 Å². The number of nitrogens with zero attached hydrogens (tertiary/aromatic N) is 2. The van der Waals surface area contributed by atoms with Crippen LogP contribution >= 0.6 is 11.3 Å². The summed E-state index contributed by atoms with van der Waals surface area (Å²) in [5, 5.41) is 10.8. The molecule has 0 radical (unpaired) electrons. The van der Waals surface area contributed by atoms with Gasteiger partial charge in [0.15, 0.2) is 5.78 Å². The summed E-state index contributed by atoms with van der Waals surface area (Å²) in [5.41, 5.74) is 2.83. The number of hydrazone groups is 1. The first kappa shape index (κ1) is 21.2. The summed E-state index contributed by atoms with van der Waals surface area (Å²) < 4.78 is 1.32. The highest BCUT2D eigenvalue weighted by molar-refractivity contribution is 7.17. The maximum atomic E-state index is 13.5. The first-order valence-corrected chi connectivity index (χ1v) is 13.1. The minimum absolute atomic E-state index is 0.203. The third-order valence-corrected chi connectivity index (χ3v) is 10.3. The van der Waals surface area contributed by atoms with E-state index in [1.54, 1.807) is 0 Å². The minimum atomic E-state index is 0.203. The Labute approximate surface area is 190 Å². The largest absolute Gasteiger partial charge is 0.293 e. The maximum absolute atomic E-state index is 13.5. The quantitative estimate of drug-likeness (QED) is 0.459. The molecule has 0 spiro atoms. The Morgan fingerprint density at radius 3 is 2.77 bits per heavy atom. The van der Waals surface area contributed by atoms with Crippen LogP contribution < -0.4 is 0 Å². The third-order valence-electron chi connectivity index (χ3n) is 9.33. The summed E-state index contributed by atoms with van der Waals surface area (Å²) in [5.74, 6) is 1.60.